The second-order valence-corrected chi connectivity index (χ2v) is 3.49. The topological polar surface area (TPSA) is 17.1 Å². The lowest BCUT2D eigenvalue weighted by molar-refractivity contribution is -0.120. The van der Waals surface area contributed by atoms with Crippen LogP contribution in [-0.2, 0) is 4.79 Å². The van der Waals surface area contributed by atoms with Crippen LogP contribution in [0.25, 0.3) is 0 Å². The molecule has 0 aliphatic carbocycles. The van der Waals surface area contributed by atoms with Crippen molar-refractivity contribution >= 4 is 5.78 Å². The standard InChI is InChI=1S/C11H20O/c1-5-9(2)7-6-8-10(3)11(4)12/h7,10H,5-6,8H2,1-4H3/b9-7+. The van der Waals surface area contributed by atoms with Crippen LogP contribution >= 0.6 is 0 Å². The molecule has 0 amide bonds. The van der Waals surface area contributed by atoms with Crippen LogP contribution in [0.1, 0.15) is 47.0 Å². The van der Waals surface area contributed by atoms with Gasteiger partial charge in [-0.25, -0.2) is 0 Å². The van der Waals surface area contributed by atoms with E-state index in [2.05, 4.69) is 19.9 Å². The van der Waals surface area contributed by atoms with Crippen LogP contribution in [0.3, 0.4) is 0 Å². The van der Waals surface area contributed by atoms with Crippen molar-refractivity contribution in [2.45, 2.75) is 47.0 Å². The van der Waals surface area contributed by atoms with Gasteiger partial charge in [-0.3, -0.25) is 4.79 Å². The Morgan fingerprint density at radius 3 is 2.42 bits per heavy atom. The molecule has 0 saturated heterocycles. The van der Waals surface area contributed by atoms with Crippen LogP contribution in [-0.4, -0.2) is 5.78 Å². The fourth-order valence-electron chi connectivity index (χ4n) is 0.927. The Bertz CT molecular complexity index is 168. The molecule has 0 N–H and O–H groups in total. The minimum Gasteiger partial charge on any atom is -0.300 e. The molecule has 0 heterocycles. The number of ketones is 1. The van der Waals surface area contributed by atoms with Gasteiger partial charge in [0.1, 0.15) is 5.78 Å². The molecule has 0 aliphatic heterocycles. The highest BCUT2D eigenvalue weighted by Crippen LogP contribution is 2.09. The Hall–Kier alpha value is -0.590. The van der Waals surface area contributed by atoms with Crippen LogP contribution < -0.4 is 0 Å². The van der Waals surface area contributed by atoms with Gasteiger partial charge >= 0.3 is 0 Å². The molecule has 0 aromatic carbocycles. The molecule has 1 nitrogen and oxygen atoms in total. The van der Waals surface area contributed by atoms with Crippen molar-refractivity contribution in [2.75, 3.05) is 0 Å². The predicted octanol–water partition coefficient (Wildman–Crippen LogP) is 3.35. The second kappa shape index (κ2) is 5.99. The third-order valence-corrected chi connectivity index (χ3v) is 2.34. The van der Waals surface area contributed by atoms with Gasteiger partial charge < -0.3 is 0 Å². The SMILES string of the molecule is CC/C(C)=C/CCC(C)C(C)=O. The van der Waals surface area contributed by atoms with Crippen molar-refractivity contribution in [3.63, 3.8) is 0 Å². The van der Waals surface area contributed by atoms with Gasteiger partial charge in [-0.2, -0.15) is 0 Å². The first kappa shape index (κ1) is 11.4. The highest BCUT2D eigenvalue weighted by Gasteiger charge is 2.04. The average Bonchev–Trinajstić information content (AvgIpc) is 2.03. The fourth-order valence-corrected chi connectivity index (χ4v) is 0.927. The highest BCUT2D eigenvalue weighted by atomic mass is 16.1. The monoisotopic (exact) mass is 168 g/mol. The number of Topliss-reactive ketones (excluding diaryl/α,β-unsaturated/α-hetero) is 1. The zero-order valence-corrected chi connectivity index (χ0v) is 8.68. The number of allylic oxidation sites excluding steroid dienone is 2. The second-order valence-electron chi connectivity index (χ2n) is 3.49. The maximum Gasteiger partial charge on any atom is 0.132 e. The van der Waals surface area contributed by atoms with E-state index in [0.29, 0.717) is 5.78 Å². The molecular weight excluding hydrogens is 148 g/mol. The summed E-state index contributed by atoms with van der Waals surface area (Å²) in [6.07, 6.45) is 5.39. The first-order valence-electron chi connectivity index (χ1n) is 4.74. The fraction of sp³-hybridized carbons (Fsp3) is 0.727. The number of carbonyl (C=O) groups is 1. The van der Waals surface area contributed by atoms with Crippen LogP contribution in [0.4, 0.5) is 0 Å². The lowest BCUT2D eigenvalue weighted by Crippen LogP contribution is -2.05. The average molecular weight is 168 g/mol. The summed E-state index contributed by atoms with van der Waals surface area (Å²) < 4.78 is 0. The summed E-state index contributed by atoms with van der Waals surface area (Å²) in [6.45, 7) is 7.96. The molecule has 70 valence electrons. The van der Waals surface area contributed by atoms with Crippen molar-refractivity contribution in [2.24, 2.45) is 5.92 Å². The van der Waals surface area contributed by atoms with Crippen LogP contribution in [0.15, 0.2) is 11.6 Å². The van der Waals surface area contributed by atoms with E-state index in [0.717, 1.165) is 19.3 Å². The molecule has 0 aromatic rings. The summed E-state index contributed by atoms with van der Waals surface area (Å²) in [4.78, 5) is 10.9. The number of rotatable bonds is 5. The molecule has 0 fully saturated rings. The quantitative estimate of drug-likeness (QED) is 0.575. The van der Waals surface area contributed by atoms with Crippen molar-refractivity contribution < 1.29 is 4.79 Å². The Morgan fingerprint density at radius 2 is 2.00 bits per heavy atom. The zero-order valence-electron chi connectivity index (χ0n) is 8.68. The van der Waals surface area contributed by atoms with E-state index in [4.69, 9.17) is 0 Å². The van der Waals surface area contributed by atoms with Gasteiger partial charge in [-0.1, -0.05) is 25.5 Å². The molecule has 0 aromatic heterocycles. The molecule has 0 radical (unpaired) electrons. The van der Waals surface area contributed by atoms with Crippen molar-refractivity contribution in [3.8, 4) is 0 Å². The molecule has 1 atom stereocenters. The molecule has 1 unspecified atom stereocenters. The van der Waals surface area contributed by atoms with Crippen LogP contribution in [0, 0.1) is 5.92 Å². The van der Waals surface area contributed by atoms with Gasteiger partial charge in [0, 0.05) is 5.92 Å². The van der Waals surface area contributed by atoms with Crippen LogP contribution in [0.5, 0.6) is 0 Å². The lowest BCUT2D eigenvalue weighted by atomic mass is 10.0. The van der Waals surface area contributed by atoms with E-state index in [1.807, 2.05) is 6.92 Å². The first-order chi connectivity index (χ1) is 5.57. The van der Waals surface area contributed by atoms with Gasteiger partial charge in [0.25, 0.3) is 0 Å². The lowest BCUT2D eigenvalue weighted by Gasteiger charge is -2.04. The molecule has 0 rings (SSSR count). The van der Waals surface area contributed by atoms with Crippen molar-refractivity contribution in [3.05, 3.63) is 11.6 Å². The third-order valence-electron chi connectivity index (χ3n) is 2.34. The highest BCUT2D eigenvalue weighted by molar-refractivity contribution is 5.77. The number of carbonyl (C=O) groups excluding carboxylic acids is 1. The summed E-state index contributed by atoms with van der Waals surface area (Å²) in [6, 6.07) is 0. The third kappa shape index (κ3) is 5.11. The van der Waals surface area contributed by atoms with Gasteiger partial charge in [0.15, 0.2) is 0 Å². The molecule has 1 heteroatoms. The molecule has 0 spiro atoms. The minimum atomic E-state index is 0.228. The molecule has 0 aliphatic rings. The smallest absolute Gasteiger partial charge is 0.132 e. The summed E-state index contributed by atoms with van der Waals surface area (Å²) in [7, 11) is 0. The van der Waals surface area contributed by atoms with Crippen molar-refractivity contribution in [1.82, 2.24) is 0 Å². The predicted molar refractivity (Wildman–Crippen MR) is 53.1 cm³/mol. The minimum absolute atomic E-state index is 0.228. The molecule has 0 bridgehead atoms. The van der Waals surface area contributed by atoms with E-state index in [-0.39, 0.29) is 5.92 Å². The normalized spacial score (nSPS) is 14.5. The van der Waals surface area contributed by atoms with Gasteiger partial charge in [-0.05, 0) is 33.1 Å². The van der Waals surface area contributed by atoms with Gasteiger partial charge in [-0.15, -0.1) is 0 Å². The number of hydrogen-bond acceptors (Lipinski definition) is 1. The first-order valence-corrected chi connectivity index (χ1v) is 4.74. The summed E-state index contributed by atoms with van der Waals surface area (Å²) >= 11 is 0. The van der Waals surface area contributed by atoms with Gasteiger partial charge in [0.05, 0.1) is 0 Å². The van der Waals surface area contributed by atoms with E-state index in [1.165, 1.54) is 5.57 Å². The van der Waals surface area contributed by atoms with Crippen LogP contribution in [0.2, 0.25) is 0 Å². The number of hydrogen-bond donors (Lipinski definition) is 0. The Morgan fingerprint density at radius 1 is 1.42 bits per heavy atom. The van der Waals surface area contributed by atoms with E-state index in [1.54, 1.807) is 6.92 Å². The Balaban J connectivity index is 3.62. The Kier molecular flexibility index (Phi) is 5.69. The molecule has 0 saturated carbocycles. The van der Waals surface area contributed by atoms with Crippen molar-refractivity contribution in [1.29, 1.82) is 0 Å². The maximum absolute atomic E-state index is 10.9. The van der Waals surface area contributed by atoms with E-state index < -0.39 is 0 Å². The summed E-state index contributed by atoms with van der Waals surface area (Å²) in [5.74, 6) is 0.531. The molecule has 12 heavy (non-hydrogen) atoms. The van der Waals surface area contributed by atoms with E-state index >= 15 is 0 Å². The largest absolute Gasteiger partial charge is 0.300 e. The summed E-state index contributed by atoms with van der Waals surface area (Å²) in [5.41, 5.74) is 1.42. The van der Waals surface area contributed by atoms with Gasteiger partial charge in [0.2, 0.25) is 0 Å². The van der Waals surface area contributed by atoms with E-state index in [9.17, 15) is 4.79 Å². The Labute approximate surface area is 75.9 Å². The summed E-state index contributed by atoms with van der Waals surface area (Å²) in [5, 5.41) is 0. The molecular formula is C11H20O. The zero-order chi connectivity index (χ0) is 9.56. The maximum atomic E-state index is 10.9.